The molecule has 1 aliphatic rings. The molecule has 3 rings (SSSR count). The summed E-state index contributed by atoms with van der Waals surface area (Å²) in [4.78, 5) is 30.8. The van der Waals surface area contributed by atoms with Gasteiger partial charge in [-0.3, -0.25) is 9.69 Å². The zero-order valence-corrected chi connectivity index (χ0v) is 16.6. The van der Waals surface area contributed by atoms with E-state index < -0.39 is 5.97 Å². The molecule has 27 heavy (non-hydrogen) atoms. The summed E-state index contributed by atoms with van der Waals surface area (Å²) in [6, 6.07) is 12.0. The van der Waals surface area contributed by atoms with E-state index in [1.807, 2.05) is 19.1 Å². The molecular weight excluding hydrogens is 384 g/mol. The number of nitrogens with zero attached hydrogens (tertiary/aromatic N) is 2. The van der Waals surface area contributed by atoms with Crippen LogP contribution in [0.3, 0.4) is 0 Å². The van der Waals surface area contributed by atoms with E-state index in [0.717, 1.165) is 17.7 Å². The Kier molecular flexibility index (Phi) is 6.19. The zero-order valence-electron chi connectivity index (χ0n) is 15.1. The van der Waals surface area contributed by atoms with E-state index >= 15 is 0 Å². The molecular formula is C20H19ClN2O3S. The Hall–Kier alpha value is -2.31. The Morgan fingerprint density at radius 3 is 2.52 bits per heavy atom. The van der Waals surface area contributed by atoms with E-state index in [4.69, 9.17) is 11.6 Å². The van der Waals surface area contributed by atoms with Crippen LogP contribution >= 0.6 is 23.4 Å². The monoisotopic (exact) mass is 402 g/mol. The summed E-state index contributed by atoms with van der Waals surface area (Å²) in [5.41, 5.74) is 2.61. The summed E-state index contributed by atoms with van der Waals surface area (Å²) in [6.45, 7) is 2.53. The van der Waals surface area contributed by atoms with Crippen LogP contribution in [0.25, 0.3) is 0 Å². The van der Waals surface area contributed by atoms with Crippen molar-refractivity contribution in [3.63, 3.8) is 0 Å². The van der Waals surface area contributed by atoms with E-state index in [-0.39, 0.29) is 5.91 Å². The molecule has 0 unspecified atom stereocenters. The average Bonchev–Trinajstić information content (AvgIpc) is 2.70. The standard InChI is InChI=1S/C20H19ClN2O3S/c1-13-4-9-16(12-17(13)21)22-20-23(10-3-11-27-20)18(24)14-5-7-15(8-6-14)19(25)26-2/h4-9,12H,3,10-11H2,1-2H3. The number of rotatable bonds is 3. The summed E-state index contributed by atoms with van der Waals surface area (Å²) in [5.74, 6) is 0.334. The van der Waals surface area contributed by atoms with Crippen LogP contribution in [0.15, 0.2) is 47.5 Å². The van der Waals surface area contributed by atoms with Crippen LogP contribution in [0.1, 0.15) is 32.7 Å². The Morgan fingerprint density at radius 1 is 1.15 bits per heavy atom. The number of amidine groups is 1. The minimum Gasteiger partial charge on any atom is -0.465 e. The topological polar surface area (TPSA) is 59.0 Å². The molecule has 140 valence electrons. The SMILES string of the molecule is COC(=O)c1ccc(C(=O)N2CCCSC2=Nc2ccc(C)c(Cl)c2)cc1. The van der Waals surface area contributed by atoms with Crippen LogP contribution in [0.4, 0.5) is 5.69 Å². The maximum Gasteiger partial charge on any atom is 0.337 e. The number of esters is 1. The number of ether oxygens (including phenoxy) is 1. The number of thioether (sulfide) groups is 1. The summed E-state index contributed by atoms with van der Waals surface area (Å²) in [7, 11) is 1.33. The molecule has 0 N–H and O–H groups in total. The minimum atomic E-state index is -0.430. The highest BCUT2D eigenvalue weighted by Gasteiger charge is 2.25. The lowest BCUT2D eigenvalue weighted by Crippen LogP contribution is -2.39. The zero-order chi connectivity index (χ0) is 19.4. The smallest absolute Gasteiger partial charge is 0.337 e. The Morgan fingerprint density at radius 2 is 1.85 bits per heavy atom. The predicted molar refractivity (Wildman–Crippen MR) is 109 cm³/mol. The second-order valence-electron chi connectivity index (χ2n) is 6.06. The highest BCUT2D eigenvalue weighted by atomic mass is 35.5. The molecule has 1 saturated heterocycles. The second-order valence-corrected chi connectivity index (χ2v) is 7.52. The van der Waals surface area contributed by atoms with Crippen molar-refractivity contribution < 1.29 is 14.3 Å². The van der Waals surface area contributed by atoms with Crippen molar-refractivity contribution in [1.82, 2.24) is 4.90 Å². The molecule has 1 amide bonds. The summed E-state index contributed by atoms with van der Waals surface area (Å²) < 4.78 is 4.69. The van der Waals surface area contributed by atoms with Crippen molar-refractivity contribution in [2.24, 2.45) is 4.99 Å². The lowest BCUT2D eigenvalue weighted by molar-refractivity contribution is 0.0600. The fraction of sp³-hybridized carbons (Fsp3) is 0.250. The molecule has 0 spiro atoms. The van der Waals surface area contributed by atoms with Crippen LogP contribution in [0.5, 0.6) is 0 Å². The van der Waals surface area contributed by atoms with Gasteiger partial charge in [0.2, 0.25) is 0 Å². The van der Waals surface area contributed by atoms with Gasteiger partial charge in [0.25, 0.3) is 5.91 Å². The molecule has 1 aliphatic heterocycles. The van der Waals surface area contributed by atoms with Crippen LogP contribution in [-0.2, 0) is 4.74 Å². The molecule has 0 aliphatic carbocycles. The Balaban J connectivity index is 1.86. The number of methoxy groups -OCH3 is 1. The Labute approximate surface area is 167 Å². The number of hydrogen-bond acceptors (Lipinski definition) is 5. The first-order chi connectivity index (χ1) is 13.0. The number of benzene rings is 2. The Bertz CT molecular complexity index is 897. The highest BCUT2D eigenvalue weighted by Crippen LogP contribution is 2.27. The van der Waals surface area contributed by atoms with Crippen LogP contribution in [0.2, 0.25) is 5.02 Å². The van der Waals surface area contributed by atoms with Gasteiger partial charge in [0.15, 0.2) is 5.17 Å². The molecule has 5 nitrogen and oxygen atoms in total. The van der Waals surface area contributed by atoms with Crippen molar-refractivity contribution in [2.45, 2.75) is 13.3 Å². The predicted octanol–water partition coefficient (Wildman–Crippen LogP) is 4.70. The fourth-order valence-electron chi connectivity index (χ4n) is 2.63. The van der Waals surface area contributed by atoms with Gasteiger partial charge in [-0.05, 0) is 55.3 Å². The van der Waals surface area contributed by atoms with E-state index in [1.54, 1.807) is 47.0 Å². The molecule has 0 atom stereocenters. The first-order valence-corrected chi connectivity index (χ1v) is 9.84. The largest absolute Gasteiger partial charge is 0.465 e. The third-order valence-corrected chi connectivity index (χ3v) is 5.64. The molecule has 2 aromatic rings. The maximum absolute atomic E-state index is 13.0. The van der Waals surface area contributed by atoms with Crippen LogP contribution < -0.4 is 0 Å². The van der Waals surface area contributed by atoms with Crippen LogP contribution in [-0.4, -0.2) is 41.4 Å². The van der Waals surface area contributed by atoms with Gasteiger partial charge in [0.1, 0.15) is 0 Å². The number of carbonyl (C=O) groups excluding carboxylic acids is 2. The second kappa shape index (κ2) is 8.59. The quantitative estimate of drug-likeness (QED) is 0.698. The van der Waals surface area contributed by atoms with E-state index in [1.165, 1.54) is 7.11 Å². The molecule has 1 heterocycles. The number of carbonyl (C=O) groups is 2. The summed E-state index contributed by atoms with van der Waals surface area (Å²) >= 11 is 7.73. The maximum atomic E-state index is 13.0. The van der Waals surface area contributed by atoms with Crippen molar-refractivity contribution in [3.05, 3.63) is 64.2 Å². The van der Waals surface area contributed by atoms with Gasteiger partial charge in [0, 0.05) is 22.9 Å². The highest BCUT2D eigenvalue weighted by molar-refractivity contribution is 8.13. The van der Waals surface area contributed by atoms with E-state index in [9.17, 15) is 9.59 Å². The first-order valence-electron chi connectivity index (χ1n) is 8.47. The molecule has 0 radical (unpaired) electrons. The summed E-state index contributed by atoms with van der Waals surface area (Å²) in [5, 5.41) is 1.30. The number of aliphatic imine (C=N–C) groups is 1. The molecule has 0 saturated carbocycles. The van der Waals surface area contributed by atoms with Gasteiger partial charge in [-0.15, -0.1) is 0 Å². The fourth-order valence-corrected chi connectivity index (χ4v) is 3.76. The number of amides is 1. The number of hydrogen-bond donors (Lipinski definition) is 0. The van der Waals surface area contributed by atoms with Crippen molar-refractivity contribution in [3.8, 4) is 0 Å². The average molecular weight is 403 g/mol. The van der Waals surface area contributed by atoms with Crippen LogP contribution in [0, 0.1) is 6.92 Å². The third-order valence-electron chi connectivity index (χ3n) is 4.17. The third kappa shape index (κ3) is 4.51. The normalized spacial score (nSPS) is 15.7. The van der Waals surface area contributed by atoms with E-state index in [0.29, 0.717) is 33.5 Å². The number of halogens is 1. The lowest BCUT2D eigenvalue weighted by Gasteiger charge is -2.28. The van der Waals surface area contributed by atoms with Gasteiger partial charge in [-0.1, -0.05) is 29.4 Å². The van der Waals surface area contributed by atoms with Gasteiger partial charge in [-0.25, -0.2) is 9.79 Å². The molecule has 0 aromatic heterocycles. The van der Waals surface area contributed by atoms with E-state index in [2.05, 4.69) is 9.73 Å². The molecule has 1 fully saturated rings. The molecule has 0 bridgehead atoms. The van der Waals surface area contributed by atoms with Gasteiger partial charge in [0.05, 0.1) is 18.4 Å². The van der Waals surface area contributed by atoms with Gasteiger partial charge < -0.3 is 4.74 Å². The molecule has 2 aromatic carbocycles. The van der Waals surface area contributed by atoms with Gasteiger partial charge >= 0.3 is 5.97 Å². The first kappa shape index (κ1) is 19.5. The number of aryl methyl sites for hydroxylation is 1. The summed E-state index contributed by atoms with van der Waals surface area (Å²) in [6.07, 6.45) is 0.893. The van der Waals surface area contributed by atoms with Crippen molar-refractivity contribution in [1.29, 1.82) is 0 Å². The van der Waals surface area contributed by atoms with Crippen molar-refractivity contribution in [2.75, 3.05) is 19.4 Å². The minimum absolute atomic E-state index is 0.143. The lowest BCUT2D eigenvalue weighted by atomic mass is 10.1. The molecule has 7 heteroatoms. The van der Waals surface area contributed by atoms with Crippen molar-refractivity contribution >= 4 is 46.1 Å². The van der Waals surface area contributed by atoms with Gasteiger partial charge in [-0.2, -0.15) is 0 Å².